The van der Waals surface area contributed by atoms with Crippen LogP contribution in [0.15, 0.2) is 4.99 Å². The lowest BCUT2D eigenvalue weighted by Crippen LogP contribution is -2.29. The second-order valence-corrected chi connectivity index (χ2v) is 6.09. The van der Waals surface area contributed by atoms with E-state index in [4.69, 9.17) is 4.99 Å². The monoisotopic (exact) mass is 214 g/mol. The van der Waals surface area contributed by atoms with Crippen LogP contribution in [0.5, 0.6) is 0 Å². The van der Waals surface area contributed by atoms with Crippen molar-refractivity contribution in [1.29, 1.82) is 0 Å². The Morgan fingerprint density at radius 1 is 1.57 bits per heavy atom. The van der Waals surface area contributed by atoms with Crippen LogP contribution in [-0.4, -0.2) is 23.0 Å². The van der Waals surface area contributed by atoms with Crippen LogP contribution < -0.4 is 5.32 Å². The summed E-state index contributed by atoms with van der Waals surface area (Å²) < 4.78 is 0. The highest BCUT2D eigenvalue weighted by molar-refractivity contribution is 8.14. The number of rotatable bonds is 2. The third kappa shape index (κ3) is 3.19. The van der Waals surface area contributed by atoms with Gasteiger partial charge in [-0.15, -0.1) is 0 Å². The zero-order valence-corrected chi connectivity index (χ0v) is 10.7. The van der Waals surface area contributed by atoms with E-state index in [2.05, 4.69) is 39.9 Å². The smallest absolute Gasteiger partial charge is 0.157 e. The summed E-state index contributed by atoms with van der Waals surface area (Å²) in [6.07, 6.45) is 1.15. The first-order valence-electron chi connectivity index (χ1n) is 5.40. The fraction of sp³-hybridized carbons (Fsp3) is 0.909. The highest BCUT2D eigenvalue weighted by atomic mass is 32.2. The molecule has 0 aromatic rings. The average Bonchev–Trinajstić information content (AvgIpc) is 2.51. The van der Waals surface area contributed by atoms with E-state index in [0.29, 0.717) is 17.5 Å². The summed E-state index contributed by atoms with van der Waals surface area (Å²) in [6, 6.07) is 1.01. The summed E-state index contributed by atoms with van der Waals surface area (Å²) in [5.41, 5.74) is 0.298. The maximum absolute atomic E-state index is 4.72. The molecule has 0 amide bonds. The van der Waals surface area contributed by atoms with Crippen molar-refractivity contribution in [2.75, 3.05) is 5.75 Å². The molecule has 0 saturated carbocycles. The van der Waals surface area contributed by atoms with Crippen LogP contribution in [0.1, 0.15) is 41.0 Å². The van der Waals surface area contributed by atoms with Crippen molar-refractivity contribution in [3.63, 3.8) is 0 Å². The molecular formula is C11H22N2S. The van der Waals surface area contributed by atoms with Crippen LogP contribution in [0.4, 0.5) is 0 Å². The molecule has 0 spiro atoms. The number of hydrogen-bond acceptors (Lipinski definition) is 3. The van der Waals surface area contributed by atoms with E-state index in [1.54, 1.807) is 0 Å². The molecule has 1 rings (SSSR count). The van der Waals surface area contributed by atoms with E-state index >= 15 is 0 Å². The van der Waals surface area contributed by atoms with E-state index in [1.165, 1.54) is 0 Å². The lowest BCUT2D eigenvalue weighted by Gasteiger charge is -2.22. The Kier molecular flexibility index (Phi) is 3.87. The molecule has 1 aliphatic rings. The van der Waals surface area contributed by atoms with Gasteiger partial charge in [0.05, 0.1) is 6.04 Å². The summed E-state index contributed by atoms with van der Waals surface area (Å²) in [7, 11) is 0. The van der Waals surface area contributed by atoms with E-state index in [1.807, 2.05) is 11.8 Å². The van der Waals surface area contributed by atoms with E-state index < -0.39 is 0 Å². The molecule has 3 heteroatoms. The molecule has 1 N–H and O–H groups in total. The maximum Gasteiger partial charge on any atom is 0.157 e. The molecule has 0 aromatic heterocycles. The predicted molar refractivity (Wildman–Crippen MR) is 66.0 cm³/mol. The Hall–Kier alpha value is -0.180. The SMILES string of the molecule is CCC(C)NC1=NC(C(C)(C)C)CS1. The Balaban J connectivity index is 2.50. The van der Waals surface area contributed by atoms with Crippen molar-refractivity contribution in [2.24, 2.45) is 10.4 Å². The van der Waals surface area contributed by atoms with Gasteiger partial charge in [0.25, 0.3) is 0 Å². The second kappa shape index (κ2) is 4.56. The van der Waals surface area contributed by atoms with Crippen molar-refractivity contribution in [3.8, 4) is 0 Å². The van der Waals surface area contributed by atoms with Gasteiger partial charge in [-0.2, -0.15) is 0 Å². The number of amidine groups is 1. The third-order valence-electron chi connectivity index (χ3n) is 2.63. The van der Waals surface area contributed by atoms with Crippen LogP contribution in [0.25, 0.3) is 0 Å². The average molecular weight is 214 g/mol. The summed E-state index contributed by atoms with van der Waals surface area (Å²) in [6.45, 7) is 11.2. The van der Waals surface area contributed by atoms with Crippen molar-refractivity contribution in [3.05, 3.63) is 0 Å². The second-order valence-electron chi connectivity index (χ2n) is 5.08. The Bertz CT molecular complexity index is 218. The van der Waals surface area contributed by atoms with Crippen molar-refractivity contribution < 1.29 is 0 Å². The lowest BCUT2D eigenvalue weighted by molar-refractivity contribution is 0.348. The molecule has 1 heterocycles. The van der Waals surface area contributed by atoms with Gasteiger partial charge < -0.3 is 5.32 Å². The Morgan fingerprint density at radius 2 is 2.21 bits per heavy atom. The molecule has 0 aromatic carbocycles. The fourth-order valence-electron chi connectivity index (χ4n) is 1.21. The number of nitrogens with zero attached hydrogens (tertiary/aromatic N) is 1. The minimum Gasteiger partial charge on any atom is -0.362 e. The quantitative estimate of drug-likeness (QED) is 0.764. The van der Waals surface area contributed by atoms with E-state index in [-0.39, 0.29) is 0 Å². The first-order valence-corrected chi connectivity index (χ1v) is 6.39. The fourth-order valence-corrected chi connectivity index (χ4v) is 2.59. The molecule has 14 heavy (non-hydrogen) atoms. The topological polar surface area (TPSA) is 24.4 Å². The third-order valence-corrected chi connectivity index (χ3v) is 3.61. The number of aliphatic imine (C=N–C) groups is 1. The minimum atomic E-state index is 0.298. The van der Waals surface area contributed by atoms with Crippen LogP contribution in [0.3, 0.4) is 0 Å². The standard InChI is InChI=1S/C11H22N2S/c1-6-8(2)12-10-13-9(7-14-10)11(3,4)5/h8-9H,6-7H2,1-5H3,(H,12,13). The van der Waals surface area contributed by atoms with Gasteiger partial charge in [0, 0.05) is 11.8 Å². The van der Waals surface area contributed by atoms with Gasteiger partial charge in [0.2, 0.25) is 0 Å². The maximum atomic E-state index is 4.72. The van der Waals surface area contributed by atoms with Gasteiger partial charge in [0.15, 0.2) is 5.17 Å². The number of nitrogens with one attached hydrogen (secondary N) is 1. The molecule has 1 aliphatic heterocycles. The zero-order chi connectivity index (χ0) is 10.8. The van der Waals surface area contributed by atoms with E-state index in [9.17, 15) is 0 Å². The van der Waals surface area contributed by atoms with Crippen LogP contribution >= 0.6 is 11.8 Å². The number of hydrogen-bond donors (Lipinski definition) is 1. The molecular weight excluding hydrogens is 192 g/mol. The van der Waals surface area contributed by atoms with Crippen molar-refractivity contribution >= 4 is 16.9 Å². The van der Waals surface area contributed by atoms with Crippen LogP contribution in [0.2, 0.25) is 0 Å². The molecule has 82 valence electrons. The largest absolute Gasteiger partial charge is 0.362 e. The molecule has 0 fully saturated rings. The molecule has 0 bridgehead atoms. The Labute approximate surface area is 92.0 Å². The molecule has 0 saturated heterocycles. The molecule has 2 nitrogen and oxygen atoms in total. The normalized spacial score (nSPS) is 24.6. The van der Waals surface area contributed by atoms with Crippen LogP contribution in [-0.2, 0) is 0 Å². The summed E-state index contributed by atoms with van der Waals surface area (Å²) >= 11 is 1.86. The molecule has 0 aliphatic carbocycles. The van der Waals surface area contributed by atoms with Gasteiger partial charge in [0.1, 0.15) is 0 Å². The first kappa shape index (κ1) is 11.9. The first-order chi connectivity index (χ1) is 6.43. The lowest BCUT2D eigenvalue weighted by atomic mass is 9.88. The summed E-state index contributed by atoms with van der Waals surface area (Å²) in [5, 5.41) is 4.58. The predicted octanol–water partition coefficient (Wildman–Crippen LogP) is 2.89. The van der Waals surface area contributed by atoms with Crippen molar-refractivity contribution in [2.45, 2.75) is 53.1 Å². The minimum absolute atomic E-state index is 0.298. The summed E-state index contributed by atoms with van der Waals surface area (Å²) in [5.74, 6) is 1.13. The van der Waals surface area contributed by atoms with Gasteiger partial charge in [-0.3, -0.25) is 4.99 Å². The van der Waals surface area contributed by atoms with Crippen LogP contribution in [0, 0.1) is 5.41 Å². The molecule has 2 atom stereocenters. The molecule has 2 unspecified atom stereocenters. The van der Waals surface area contributed by atoms with Gasteiger partial charge >= 0.3 is 0 Å². The van der Waals surface area contributed by atoms with Crippen molar-refractivity contribution in [1.82, 2.24) is 5.32 Å². The van der Waals surface area contributed by atoms with Gasteiger partial charge in [-0.1, -0.05) is 39.5 Å². The Morgan fingerprint density at radius 3 is 2.64 bits per heavy atom. The van der Waals surface area contributed by atoms with E-state index in [0.717, 1.165) is 17.3 Å². The summed E-state index contributed by atoms with van der Waals surface area (Å²) in [4.78, 5) is 4.72. The van der Waals surface area contributed by atoms with Gasteiger partial charge in [-0.25, -0.2) is 0 Å². The zero-order valence-electron chi connectivity index (χ0n) is 9.92. The number of thioether (sulfide) groups is 1. The highest BCUT2D eigenvalue weighted by Gasteiger charge is 2.29. The van der Waals surface area contributed by atoms with Gasteiger partial charge in [-0.05, 0) is 18.8 Å². The molecule has 0 radical (unpaired) electrons. The highest BCUT2D eigenvalue weighted by Crippen LogP contribution is 2.30.